The van der Waals surface area contributed by atoms with Crippen LogP contribution in [0.25, 0.3) is 0 Å². The third-order valence-corrected chi connectivity index (χ3v) is 1.85. The Hall–Kier alpha value is -1.67. The molecule has 0 aromatic carbocycles. The van der Waals surface area contributed by atoms with E-state index in [1.807, 2.05) is 0 Å². The maximum atomic E-state index is 12.0. The van der Waals surface area contributed by atoms with Crippen molar-refractivity contribution in [2.24, 2.45) is 5.90 Å². The predicted molar refractivity (Wildman–Crippen MR) is 67.3 cm³/mol. The Labute approximate surface area is 117 Å². The Morgan fingerprint density at radius 3 is 1.30 bits per heavy atom. The van der Waals surface area contributed by atoms with Crippen LogP contribution >= 0.6 is 0 Å². The number of hydrogen-bond acceptors (Lipinski definition) is 7. The molecule has 0 bridgehead atoms. The van der Waals surface area contributed by atoms with Crippen LogP contribution in [0.2, 0.25) is 0 Å². The van der Waals surface area contributed by atoms with Gasteiger partial charge in [-0.05, 0) is 41.5 Å². The molecule has 20 heavy (non-hydrogen) atoms. The van der Waals surface area contributed by atoms with Crippen molar-refractivity contribution in [1.29, 1.82) is 0 Å². The Kier molecular flexibility index (Phi) is 5.28. The zero-order chi connectivity index (χ0) is 16.4. The summed E-state index contributed by atoms with van der Waals surface area (Å²) in [5.74, 6) is 0.0528. The molecule has 0 aliphatic carbocycles. The van der Waals surface area contributed by atoms with Crippen LogP contribution in [0.5, 0.6) is 0 Å². The minimum atomic E-state index is -3.06. The van der Waals surface area contributed by atoms with Gasteiger partial charge in [0, 0.05) is 0 Å². The van der Waals surface area contributed by atoms with E-state index < -0.39 is 34.7 Å². The van der Waals surface area contributed by atoms with Crippen LogP contribution in [0, 0.1) is 0 Å². The molecule has 0 fully saturated rings. The zero-order valence-corrected chi connectivity index (χ0v) is 12.5. The maximum Gasteiger partial charge on any atom is 0.377 e. The quantitative estimate of drug-likeness (QED) is 0.432. The first-order valence-electron chi connectivity index (χ1n) is 5.84. The number of aliphatic carboxylic acids is 1. The highest BCUT2D eigenvalue weighted by Crippen LogP contribution is 2.22. The first-order valence-corrected chi connectivity index (χ1v) is 5.84. The average molecular weight is 291 g/mol. The highest BCUT2D eigenvalue weighted by atomic mass is 16.7. The third kappa shape index (κ3) is 4.46. The number of carboxylic acids is 1. The lowest BCUT2D eigenvalue weighted by molar-refractivity contribution is -0.210. The second-order valence-corrected chi connectivity index (χ2v) is 6.11. The summed E-state index contributed by atoms with van der Waals surface area (Å²) in [7, 11) is 0. The van der Waals surface area contributed by atoms with E-state index in [-0.39, 0.29) is 0 Å². The smallest absolute Gasteiger partial charge is 0.377 e. The van der Waals surface area contributed by atoms with Crippen LogP contribution in [0.1, 0.15) is 41.5 Å². The molecule has 0 saturated heterocycles. The molecular formula is C12H21NO7. The highest BCUT2D eigenvalue weighted by Gasteiger charge is 2.60. The van der Waals surface area contributed by atoms with Crippen molar-refractivity contribution in [1.82, 2.24) is 0 Å². The first kappa shape index (κ1) is 18.3. The standard InChI is InChI=1S/C12H21NO7/c1-10(2,3)18-8(16)12(20-13,7(14)15)9(17)19-11(4,5)6/h13H2,1-6H3,(H,14,15). The highest BCUT2D eigenvalue weighted by molar-refractivity contribution is 6.21. The normalized spacial score (nSPS) is 12.8. The molecule has 8 heteroatoms. The van der Waals surface area contributed by atoms with Gasteiger partial charge in [0.25, 0.3) is 0 Å². The maximum absolute atomic E-state index is 12.0. The molecule has 0 saturated carbocycles. The lowest BCUT2D eigenvalue weighted by Crippen LogP contribution is -2.60. The van der Waals surface area contributed by atoms with Crippen molar-refractivity contribution in [3.05, 3.63) is 0 Å². The monoisotopic (exact) mass is 291 g/mol. The molecule has 8 nitrogen and oxygen atoms in total. The van der Waals surface area contributed by atoms with E-state index in [1.165, 1.54) is 41.5 Å². The van der Waals surface area contributed by atoms with E-state index in [0.717, 1.165) is 0 Å². The van der Waals surface area contributed by atoms with Gasteiger partial charge in [0.2, 0.25) is 0 Å². The molecule has 0 aliphatic heterocycles. The van der Waals surface area contributed by atoms with Crippen LogP contribution in [-0.2, 0) is 28.7 Å². The number of hydrogen-bond donors (Lipinski definition) is 2. The van der Waals surface area contributed by atoms with E-state index >= 15 is 0 Å². The van der Waals surface area contributed by atoms with Crippen LogP contribution in [0.15, 0.2) is 0 Å². The zero-order valence-electron chi connectivity index (χ0n) is 12.5. The lowest BCUT2D eigenvalue weighted by atomic mass is 10.0. The van der Waals surface area contributed by atoms with Gasteiger partial charge in [-0.2, -0.15) is 0 Å². The van der Waals surface area contributed by atoms with Gasteiger partial charge in [-0.25, -0.2) is 20.3 Å². The summed E-state index contributed by atoms with van der Waals surface area (Å²) >= 11 is 0. The largest absolute Gasteiger partial charge is 0.478 e. The summed E-state index contributed by atoms with van der Waals surface area (Å²) < 4.78 is 9.73. The Balaban J connectivity index is 5.58. The van der Waals surface area contributed by atoms with E-state index in [9.17, 15) is 14.4 Å². The minimum Gasteiger partial charge on any atom is -0.478 e. The topological polar surface area (TPSA) is 125 Å². The average Bonchev–Trinajstić information content (AvgIpc) is 2.12. The van der Waals surface area contributed by atoms with E-state index in [4.69, 9.17) is 20.5 Å². The van der Waals surface area contributed by atoms with Gasteiger partial charge in [0.05, 0.1) is 0 Å². The van der Waals surface area contributed by atoms with Gasteiger partial charge in [0.1, 0.15) is 11.2 Å². The van der Waals surface area contributed by atoms with Crippen molar-refractivity contribution >= 4 is 17.9 Å². The SMILES string of the molecule is CC(C)(C)OC(=O)C(ON)(C(=O)O)C(=O)OC(C)(C)C. The van der Waals surface area contributed by atoms with Crippen LogP contribution in [0.4, 0.5) is 0 Å². The van der Waals surface area contributed by atoms with Crippen molar-refractivity contribution in [2.45, 2.75) is 58.3 Å². The molecule has 0 radical (unpaired) electrons. The fourth-order valence-corrected chi connectivity index (χ4v) is 1.10. The molecular weight excluding hydrogens is 270 g/mol. The van der Waals surface area contributed by atoms with Crippen LogP contribution < -0.4 is 5.90 Å². The summed E-state index contributed by atoms with van der Waals surface area (Å²) in [5, 5.41) is 9.15. The molecule has 0 spiro atoms. The van der Waals surface area contributed by atoms with Crippen LogP contribution in [0.3, 0.4) is 0 Å². The Morgan fingerprint density at radius 2 is 1.15 bits per heavy atom. The molecule has 0 rings (SSSR count). The minimum absolute atomic E-state index is 1.03. The fraction of sp³-hybridized carbons (Fsp3) is 0.750. The van der Waals surface area contributed by atoms with Crippen molar-refractivity contribution in [3.63, 3.8) is 0 Å². The molecule has 3 N–H and O–H groups in total. The molecule has 116 valence electrons. The number of carbonyl (C=O) groups is 3. The lowest BCUT2D eigenvalue weighted by Gasteiger charge is -2.30. The van der Waals surface area contributed by atoms with Gasteiger partial charge < -0.3 is 14.6 Å². The van der Waals surface area contributed by atoms with E-state index in [0.29, 0.717) is 0 Å². The number of carboxylic acid groups (broad SMARTS) is 1. The molecule has 0 aliphatic rings. The first-order chi connectivity index (χ1) is 8.76. The molecule has 0 heterocycles. The Morgan fingerprint density at radius 1 is 0.850 bits per heavy atom. The fourth-order valence-electron chi connectivity index (χ4n) is 1.10. The summed E-state index contributed by atoms with van der Waals surface area (Å²) in [5.41, 5.74) is -5.11. The molecule has 0 unspecified atom stereocenters. The van der Waals surface area contributed by atoms with Crippen molar-refractivity contribution in [2.75, 3.05) is 0 Å². The van der Waals surface area contributed by atoms with Gasteiger partial charge in [0.15, 0.2) is 0 Å². The molecule has 0 aromatic rings. The van der Waals surface area contributed by atoms with Gasteiger partial charge in [-0.1, -0.05) is 0 Å². The number of esters is 2. The molecule has 0 aromatic heterocycles. The van der Waals surface area contributed by atoms with Gasteiger partial charge >= 0.3 is 23.5 Å². The van der Waals surface area contributed by atoms with E-state index in [2.05, 4.69) is 4.84 Å². The third-order valence-electron chi connectivity index (χ3n) is 1.85. The number of carbonyl (C=O) groups excluding carboxylic acids is 2. The van der Waals surface area contributed by atoms with Crippen molar-refractivity contribution < 1.29 is 33.8 Å². The Bertz CT molecular complexity index is 375. The molecule has 0 amide bonds. The summed E-state index contributed by atoms with van der Waals surface area (Å²) in [6.45, 7) is 9.02. The predicted octanol–water partition coefficient (Wildman–Crippen LogP) is 0.384. The number of ether oxygens (including phenoxy) is 2. The molecule has 0 atom stereocenters. The van der Waals surface area contributed by atoms with Gasteiger partial charge in [-0.15, -0.1) is 0 Å². The summed E-state index contributed by atoms with van der Waals surface area (Å²) in [6, 6.07) is 0. The number of rotatable bonds is 4. The second-order valence-electron chi connectivity index (χ2n) is 6.11. The summed E-state index contributed by atoms with van der Waals surface area (Å²) in [4.78, 5) is 39.4. The van der Waals surface area contributed by atoms with Crippen molar-refractivity contribution in [3.8, 4) is 0 Å². The second kappa shape index (κ2) is 5.76. The van der Waals surface area contributed by atoms with Gasteiger partial charge in [-0.3, -0.25) is 4.84 Å². The number of nitrogens with two attached hydrogens (primary N) is 1. The van der Waals surface area contributed by atoms with Crippen LogP contribution in [-0.4, -0.2) is 39.8 Å². The summed E-state index contributed by atoms with van der Waals surface area (Å²) in [6.07, 6.45) is 0. The van der Waals surface area contributed by atoms with E-state index in [1.54, 1.807) is 0 Å².